The second-order valence-corrected chi connectivity index (χ2v) is 7.16. The Balaban J connectivity index is 1.18. The topological polar surface area (TPSA) is 59.4 Å². The zero-order chi connectivity index (χ0) is 19.2. The van der Waals surface area contributed by atoms with Gasteiger partial charge in [-0.15, -0.1) is 0 Å². The minimum absolute atomic E-state index is 0.0159. The zero-order valence-corrected chi connectivity index (χ0v) is 16.0. The molecule has 4 rings (SSSR count). The molecule has 6 nitrogen and oxygen atoms in total. The largest absolute Gasteiger partial charge is 0.373 e. The first kappa shape index (κ1) is 18.5. The third-order valence-corrected chi connectivity index (χ3v) is 5.25. The minimum atomic E-state index is 0.0159. The van der Waals surface area contributed by atoms with E-state index in [0.29, 0.717) is 13.2 Å². The van der Waals surface area contributed by atoms with Crippen LogP contribution in [-0.2, 0) is 17.9 Å². The fourth-order valence-corrected chi connectivity index (χ4v) is 3.65. The lowest BCUT2D eigenvalue weighted by Gasteiger charge is -2.32. The van der Waals surface area contributed by atoms with Crippen molar-refractivity contribution in [2.75, 3.05) is 19.6 Å². The molecule has 1 saturated heterocycles. The predicted octanol–water partition coefficient (Wildman–Crippen LogP) is 3.43. The number of rotatable bonds is 6. The van der Waals surface area contributed by atoms with Gasteiger partial charge < -0.3 is 19.5 Å². The normalized spacial score (nSPS) is 15.1. The van der Waals surface area contributed by atoms with E-state index in [1.807, 2.05) is 35.4 Å². The number of carbonyl (C=O) groups is 1. The van der Waals surface area contributed by atoms with Crippen LogP contribution in [0.25, 0.3) is 10.9 Å². The third-order valence-electron chi connectivity index (χ3n) is 5.25. The van der Waals surface area contributed by atoms with Gasteiger partial charge in [0.1, 0.15) is 0 Å². The van der Waals surface area contributed by atoms with E-state index in [0.717, 1.165) is 38.0 Å². The van der Waals surface area contributed by atoms with Crippen molar-refractivity contribution in [1.82, 2.24) is 19.8 Å². The summed E-state index contributed by atoms with van der Waals surface area (Å²) >= 11 is 0. The van der Waals surface area contributed by atoms with Crippen molar-refractivity contribution in [3.05, 3.63) is 66.6 Å². The standard InChI is InChI=1S/C22H26N4O2/c27-22(24-11-15-25-12-7-19-5-1-2-6-21(19)25)26-13-8-20(9-14-26)28-17-18-4-3-10-23-16-18/h1-7,10,12,16,20H,8-9,11,13-15,17H2,(H,24,27). The van der Waals surface area contributed by atoms with Crippen molar-refractivity contribution >= 4 is 16.9 Å². The highest BCUT2D eigenvalue weighted by molar-refractivity contribution is 5.80. The number of ether oxygens (including phenoxy) is 1. The van der Waals surface area contributed by atoms with Gasteiger partial charge in [-0.3, -0.25) is 4.98 Å². The highest BCUT2D eigenvalue weighted by atomic mass is 16.5. The summed E-state index contributed by atoms with van der Waals surface area (Å²) in [5.74, 6) is 0. The number of amides is 2. The van der Waals surface area contributed by atoms with E-state index < -0.39 is 0 Å². The lowest BCUT2D eigenvalue weighted by molar-refractivity contribution is 0.00437. The zero-order valence-electron chi connectivity index (χ0n) is 16.0. The smallest absolute Gasteiger partial charge is 0.317 e. The van der Waals surface area contributed by atoms with E-state index in [2.05, 4.69) is 39.3 Å². The van der Waals surface area contributed by atoms with Crippen LogP contribution in [0.2, 0.25) is 0 Å². The quantitative estimate of drug-likeness (QED) is 0.715. The van der Waals surface area contributed by atoms with Crippen molar-refractivity contribution < 1.29 is 9.53 Å². The van der Waals surface area contributed by atoms with Crippen LogP contribution >= 0.6 is 0 Å². The molecule has 1 fully saturated rings. The highest BCUT2D eigenvalue weighted by Gasteiger charge is 2.23. The number of nitrogens with zero attached hydrogens (tertiary/aromatic N) is 3. The number of nitrogens with one attached hydrogen (secondary N) is 1. The van der Waals surface area contributed by atoms with Crippen LogP contribution in [0.15, 0.2) is 61.1 Å². The molecule has 28 heavy (non-hydrogen) atoms. The number of pyridine rings is 1. The Morgan fingerprint density at radius 2 is 2.00 bits per heavy atom. The average Bonchev–Trinajstić information content (AvgIpc) is 3.16. The number of fused-ring (bicyclic) bond motifs is 1. The van der Waals surface area contributed by atoms with Gasteiger partial charge in [-0.2, -0.15) is 0 Å². The van der Waals surface area contributed by atoms with E-state index in [-0.39, 0.29) is 12.1 Å². The van der Waals surface area contributed by atoms with Gasteiger partial charge in [0.15, 0.2) is 0 Å². The molecule has 0 unspecified atom stereocenters. The molecule has 0 radical (unpaired) electrons. The fourth-order valence-electron chi connectivity index (χ4n) is 3.65. The van der Waals surface area contributed by atoms with Crippen molar-refractivity contribution in [3.8, 4) is 0 Å². The van der Waals surface area contributed by atoms with Gasteiger partial charge in [0.25, 0.3) is 0 Å². The van der Waals surface area contributed by atoms with Gasteiger partial charge in [0.05, 0.1) is 12.7 Å². The van der Waals surface area contributed by atoms with E-state index in [1.165, 1.54) is 10.9 Å². The van der Waals surface area contributed by atoms with E-state index in [1.54, 1.807) is 6.20 Å². The molecule has 6 heteroatoms. The second-order valence-electron chi connectivity index (χ2n) is 7.16. The van der Waals surface area contributed by atoms with E-state index in [4.69, 9.17) is 4.74 Å². The summed E-state index contributed by atoms with van der Waals surface area (Å²) in [5.41, 5.74) is 2.28. The first-order chi connectivity index (χ1) is 13.8. The number of hydrogen-bond donors (Lipinski definition) is 1. The maximum atomic E-state index is 12.4. The molecule has 0 saturated carbocycles. The lowest BCUT2D eigenvalue weighted by atomic mass is 10.1. The molecular formula is C22H26N4O2. The first-order valence-electron chi connectivity index (χ1n) is 9.87. The maximum Gasteiger partial charge on any atom is 0.317 e. The number of benzene rings is 1. The van der Waals surface area contributed by atoms with Gasteiger partial charge in [0, 0.05) is 50.3 Å². The number of carbonyl (C=O) groups excluding carboxylic acids is 1. The Morgan fingerprint density at radius 3 is 2.82 bits per heavy atom. The van der Waals surface area contributed by atoms with Crippen LogP contribution in [0.5, 0.6) is 0 Å². The Kier molecular flexibility index (Phi) is 5.87. The maximum absolute atomic E-state index is 12.4. The molecule has 1 aliphatic heterocycles. The summed E-state index contributed by atoms with van der Waals surface area (Å²) < 4.78 is 8.14. The molecule has 1 aromatic carbocycles. The van der Waals surface area contributed by atoms with Crippen LogP contribution in [0.1, 0.15) is 18.4 Å². The lowest BCUT2D eigenvalue weighted by Crippen LogP contribution is -2.46. The molecule has 1 aliphatic rings. The van der Waals surface area contributed by atoms with Crippen molar-refractivity contribution in [2.45, 2.75) is 32.1 Å². The highest BCUT2D eigenvalue weighted by Crippen LogP contribution is 2.16. The number of hydrogen-bond acceptors (Lipinski definition) is 3. The molecule has 3 aromatic rings. The Labute approximate surface area is 165 Å². The molecule has 3 heterocycles. The fraction of sp³-hybridized carbons (Fsp3) is 0.364. The first-order valence-corrected chi connectivity index (χ1v) is 9.87. The van der Waals surface area contributed by atoms with Crippen LogP contribution in [0.3, 0.4) is 0 Å². The summed E-state index contributed by atoms with van der Waals surface area (Å²) in [6.45, 7) is 3.43. The molecule has 0 bridgehead atoms. The molecule has 0 aliphatic carbocycles. The number of aromatic nitrogens is 2. The van der Waals surface area contributed by atoms with Gasteiger partial charge in [-0.25, -0.2) is 4.79 Å². The van der Waals surface area contributed by atoms with E-state index >= 15 is 0 Å². The molecule has 1 N–H and O–H groups in total. The molecular weight excluding hydrogens is 352 g/mol. The predicted molar refractivity (Wildman–Crippen MR) is 109 cm³/mol. The summed E-state index contributed by atoms with van der Waals surface area (Å²) in [6, 6.07) is 14.3. The number of piperidine rings is 1. The van der Waals surface area contributed by atoms with Crippen molar-refractivity contribution in [2.24, 2.45) is 0 Å². The van der Waals surface area contributed by atoms with Crippen LogP contribution < -0.4 is 5.32 Å². The summed E-state index contributed by atoms with van der Waals surface area (Å²) in [6.07, 6.45) is 7.61. The monoisotopic (exact) mass is 378 g/mol. The Bertz CT molecular complexity index is 901. The molecule has 2 aromatic heterocycles. The second kappa shape index (κ2) is 8.89. The van der Waals surface area contributed by atoms with Gasteiger partial charge in [-0.1, -0.05) is 24.3 Å². The van der Waals surface area contributed by atoms with Crippen LogP contribution in [-0.4, -0.2) is 46.2 Å². The van der Waals surface area contributed by atoms with Crippen molar-refractivity contribution in [1.29, 1.82) is 0 Å². The van der Waals surface area contributed by atoms with Crippen molar-refractivity contribution in [3.63, 3.8) is 0 Å². The van der Waals surface area contributed by atoms with Gasteiger partial charge in [-0.05, 0) is 42.0 Å². The minimum Gasteiger partial charge on any atom is -0.373 e. The summed E-state index contributed by atoms with van der Waals surface area (Å²) in [7, 11) is 0. The number of para-hydroxylation sites is 1. The molecule has 0 spiro atoms. The molecule has 0 atom stereocenters. The molecule has 146 valence electrons. The van der Waals surface area contributed by atoms with Gasteiger partial charge in [0.2, 0.25) is 0 Å². The summed E-state index contributed by atoms with van der Waals surface area (Å²) in [4.78, 5) is 18.4. The average molecular weight is 378 g/mol. The molecule has 2 amide bonds. The van der Waals surface area contributed by atoms with Crippen LogP contribution in [0.4, 0.5) is 4.79 Å². The number of urea groups is 1. The Morgan fingerprint density at radius 1 is 1.14 bits per heavy atom. The summed E-state index contributed by atoms with van der Waals surface area (Å²) in [5, 5.41) is 4.27. The SMILES string of the molecule is O=C(NCCn1ccc2ccccc21)N1CCC(OCc2cccnc2)CC1. The van der Waals surface area contributed by atoms with Crippen LogP contribution in [0, 0.1) is 0 Å². The Hall–Kier alpha value is -2.86. The third kappa shape index (κ3) is 4.51. The van der Waals surface area contributed by atoms with Gasteiger partial charge >= 0.3 is 6.03 Å². The van der Waals surface area contributed by atoms with E-state index in [9.17, 15) is 4.79 Å². The number of likely N-dealkylation sites (tertiary alicyclic amines) is 1.